The van der Waals surface area contributed by atoms with Crippen LogP contribution in [0.15, 0.2) is 34.2 Å². The molecule has 1 amide bonds. The second-order valence-electron chi connectivity index (χ2n) is 5.41. The fourth-order valence-electron chi connectivity index (χ4n) is 2.47. The Hall–Kier alpha value is -1.79. The summed E-state index contributed by atoms with van der Waals surface area (Å²) in [5.41, 5.74) is 2.25. The van der Waals surface area contributed by atoms with Gasteiger partial charge < -0.3 is 10.3 Å². The van der Waals surface area contributed by atoms with E-state index >= 15 is 0 Å². The lowest BCUT2D eigenvalue weighted by Crippen LogP contribution is -2.23. The standard InChI is InChI=1S/C16H16ClN3O2S/c1-9(14(21)18-11-7-5-10(17)6-8-11)23-16-19-13-4-2-3-12(13)15(22)20-16/h5-9H,2-4H2,1H3,(H,18,21)(H,19,20,22)/t9-/m0/s1. The molecule has 5 nitrogen and oxygen atoms in total. The Morgan fingerprint density at radius 2 is 2.09 bits per heavy atom. The van der Waals surface area contributed by atoms with Crippen LogP contribution in [0.2, 0.25) is 5.02 Å². The number of nitrogens with one attached hydrogen (secondary N) is 2. The summed E-state index contributed by atoms with van der Waals surface area (Å²) in [4.78, 5) is 31.4. The molecule has 1 aromatic heterocycles. The van der Waals surface area contributed by atoms with Crippen molar-refractivity contribution in [3.63, 3.8) is 0 Å². The Balaban J connectivity index is 1.68. The summed E-state index contributed by atoms with van der Waals surface area (Å²) in [6, 6.07) is 6.92. The van der Waals surface area contributed by atoms with Gasteiger partial charge >= 0.3 is 0 Å². The molecule has 0 bridgehead atoms. The van der Waals surface area contributed by atoms with Crippen LogP contribution in [0, 0.1) is 0 Å². The van der Waals surface area contributed by atoms with Crippen molar-refractivity contribution in [2.45, 2.75) is 36.6 Å². The minimum absolute atomic E-state index is 0.0830. The van der Waals surface area contributed by atoms with E-state index in [9.17, 15) is 9.59 Å². The summed E-state index contributed by atoms with van der Waals surface area (Å²) in [5, 5.41) is 3.55. The molecular formula is C16H16ClN3O2S. The normalized spacial score (nSPS) is 14.3. The van der Waals surface area contributed by atoms with Gasteiger partial charge in [-0.15, -0.1) is 0 Å². The van der Waals surface area contributed by atoms with Crippen molar-refractivity contribution in [1.29, 1.82) is 0 Å². The molecular weight excluding hydrogens is 334 g/mol. The van der Waals surface area contributed by atoms with Crippen molar-refractivity contribution < 1.29 is 4.79 Å². The van der Waals surface area contributed by atoms with E-state index in [1.54, 1.807) is 31.2 Å². The van der Waals surface area contributed by atoms with Gasteiger partial charge in [-0.1, -0.05) is 23.4 Å². The Kier molecular flexibility index (Phi) is 4.73. The Morgan fingerprint density at radius 1 is 1.35 bits per heavy atom. The van der Waals surface area contributed by atoms with Gasteiger partial charge in [0.25, 0.3) is 5.56 Å². The molecule has 120 valence electrons. The maximum atomic E-state index is 12.2. The fourth-order valence-corrected chi connectivity index (χ4v) is 3.41. The number of aromatic nitrogens is 2. The van der Waals surface area contributed by atoms with Crippen LogP contribution in [0.5, 0.6) is 0 Å². The van der Waals surface area contributed by atoms with E-state index in [1.807, 2.05) is 0 Å². The van der Waals surface area contributed by atoms with Crippen molar-refractivity contribution >= 4 is 35.0 Å². The van der Waals surface area contributed by atoms with Gasteiger partial charge in [-0.2, -0.15) is 0 Å². The molecule has 1 atom stereocenters. The SMILES string of the molecule is C[C@H](Sc1nc2c(c(=O)[nH]1)CCC2)C(=O)Nc1ccc(Cl)cc1. The van der Waals surface area contributed by atoms with Crippen LogP contribution < -0.4 is 10.9 Å². The molecule has 2 aromatic rings. The number of nitrogens with zero attached hydrogens (tertiary/aromatic N) is 1. The number of hydrogen-bond acceptors (Lipinski definition) is 4. The molecule has 0 saturated heterocycles. The zero-order valence-corrected chi connectivity index (χ0v) is 14.1. The predicted molar refractivity (Wildman–Crippen MR) is 92.3 cm³/mol. The molecule has 3 rings (SSSR count). The highest BCUT2D eigenvalue weighted by Crippen LogP contribution is 2.23. The number of carbonyl (C=O) groups is 1. The molecule has 0 aliphatic heterocycles. The molecule has 0 radical (unpaired) electrons. The second kappa shape index (κ2) is 6.76. The van der Waals surface area contributed by atoms with E-state index in [0.29, 0.717) is 15.9 Å². The van der Waals surface area contributed by atoms with Gasteiger partial charge in [0, 0.05) is 16.3 Å². The molecule has 2 N–H and O–H groups in total. The van der Waals surface area contributed by atoms with Crippen LogP contribution in [-0.2, 0) is 17.6 Å². The molecule has 1 aromatic carbocycles. The summed E-state index contributed by atoms with van der Waals surface area (Å²) >= 11 is 7.07. The number of carbonyl (C=O) groups excluding carboxylic acids is 1. The van der Waals surface area contributed by atoms with E-state index in [2.05, 4.69) is 15.3 Å². The topological polar surface area (TPSA) is 74.8 Å². The van der Waals surface area contributed by atoms with Gasteiger partial charge in [0.2, 0.25) is 5.91 Å². The highest BCUT2D eigenvalue weighted by Gasteiger charge is 2.20. The monoisotopic (exact) mass is 349 g/mol. The van der Waals surface area contributed by atoms with E-state index < -0.39 is 0 Å². The van der Waals surface area contributed by atoms with Crippen LogP contribution in [0.4, 0.5) is 5.69 Å². The van der Waals surface area contributed by atoms with Crippen LogP contribution in [0.25, 0.3) is 0 Å². The first-order valence-electron chi connectivity index (χ1n) is 7.38. The van der Waals surface area contributed by atoms with Crippen molar-refractivity contribution in [3.8, 4) is 0 Å². The third-order valence-corrected chi connectivity index (χ3v) is 4.93. The Bertz CT molecular complexity index is 789. The van der Waals surface area contributed by atoms with E-state index in [0.717, 1.165) is 30.5 Å². The average Bonchev–Trinajstić information content (AvgIpc) is 2.98. The maximum absolute atomic E-state index is 12.2. The first-order valence-corrected chi connectivity index (χ1v) is 8.64. The van der Waals surface area contributed by atoms with Crippen LogP contribution in [-0.4, -0.2) is 21.1 Å². The number of hydrogen-bond donors (Lipinski definition) is 2. The molecule has 23 heavy (non-hydrogen) atoms. The molecule has 0 saturated carbocycles. The summed E-state index contributed by atoms with van der Waals surface area (Å²) in [7, 11) is 0. The number of benzene rings is 1. The first kappa shape index (κ1) is 16.1. The molecule has 1 aliphatic rings. The van der Waals surface area contributed by atoms with Crippen molar-refractivity contribution in [1.82, 2.24) is 9.97 Å². The number of amides is 1. The molecule has 0 fully saturated rings. The minimum atomic E-state index is -0.381. The lowest BCUT2D eigenvalue weighted by atomic mass is 10.3. The number of H-pyrrole nitrogens is 1. The number of aryl methyl sites for hydroxylation is 1. The van der Waals surface area contributed by atoms with Crippen LogP contribution in [0.3, 0.4) is 0 Å². The van der Waals surface area contributed by atoms with Crippen molar-refractivity contribution in [2.75, 3.05) is 5.32 Å². The fraction of sp³-hybridized carbons (Fsp3) is 0.312. The number of fused-ring (bicyclic) bond motifs is 1. The Morgan fingerprint density at radius 3 is 2.83 bits per heavy atom. The molecule has 0 unspecified atom stereocenters. The summed E-state index contributed by atoms with van der Waals surface area (Å²) in [6.07, 6.45) is 2.58. The molecule has 7 heteroatoms. The lowest BCUT2D eigenvalue weighted by Gasteiger charge is -2.12. The Labute approximate surface area is 142 Å². The predicted octanol–water partition coefficient (Wildman–Crippen LogP) is 3.03. The largest absolute Gasteiger partial charge is 0.325 e. The van der Waals surface area contributed by atoms with E-state index in [4.69, 9.17) is 11.6 Å². The lowest BCUT2D eigenvalue weighted by molar-refractivity contribution is -0.115. The first-order chi connectivity index (χ1) is 11.0. The number of thioether (sulfide) groups is 1. The summed E-state index contributed by atoms with van der Waals surface area (Å²) < 4.78 is 0. The molecule has 1 heterocycles. The van der Waals surface area contributed by atoms with Crippen molar-refractivity contribution in [2.24, 2.45) is 0 Å². The van der Waals surface area contributed by atoms with Gasteiger partial charge in [0.15, 0.2) is 5.16 Å². The zero-order valence-electron chi connectivity index (χ0n) is 12.6. The summed E-state index contributed by atoms with van der Waals surface area (Å²) in [6.45, 7) is 1.78. The highest BCUT2D eigenvalue weighted by atomic mass is 35.5. The van der Waals surface area contributed by atoms with E-state index in [1.165, 1.54) is 11.8 Å². The third kappa shape index (κ3) is 3.76. The molecule has 0 spiro atoms. The quantitative estimate of drug-likeness (QED) is 0.657. The smallest absolute Gasteiger partial charge is 0.254 e. The van der Waals surface area contributed by atoms with E-state index in [-0.39, 0.29) is 16.7 Å². The third-order valence-electron chi connectivity index (χ3n) is 3.69. The van der Waals surface area contributed by atoms with Crippen LogP contribution in [0.1, 0.15) is 24.6 Å². The maximum Gasteiger partial charge on any atom is 0.254 e. The van der Waals surface area contributed by atoms with Crippen LogP contribution >= 0.6 is 23.4 Å². The number of anilines is 1. The van der Waals surface area contributed by atoms with Gasteiger partial charge in [-0.05, 0) is 50.5 Å². The minimum Gasteiger partial charge on any atom is -0.325 e. The average molecular weight is 350 g/mol. The highest BCUT2D eigenvalue weighted by molar-refractivity contribution is 8.00. The molecule has 1 aliphatic carbocycles. The number of aromatic amines is 1. The van der Waals surface area contributed by atoms with Gasteiger partial charge in [0.1, 0.15) is 0 Å². The van der Waals surface area contributed by atoms with Gasteiger partial charge in [0.05, 0.1) is 10.9 Å². The zero-order chi connectivity index (χ0) is 16.4. The second-order valence-corrected chi connectivity index (χ2v) is 7.17. The van der Waals surface area contributed by atoms with Gasteiger partial charge in [-0.25, -0.2) is 4.98 Å². The summed E-state index contributed by atoms with van der Waals surface area (Å²) in [5.74, 6) is -0.152. The van der Waals surface area contributed by atoms with Gasteiger partial charge in [-0.3, -0.25) is 9.59 Å². The number of halogens is 1. The number of rotatable bonds is 4. The van der Waals surface area contributed by atoms with Crippen molar-refractivity contribution in [3.05, 3.63) is 50.9 Å².